The van der Waals surface area contributed by atoms with Crippen LogP contribution in [-0.4, -0.2) is 36.9 Å². The molecule has 1 saturated heterocycles. The number of rotatable bonds is 7. The fourth-order valence-corrected chi connectivity index (χ4v) is 3.65. The normalized spacial score (nSPS) is 24.3. The van der Waals surface area contributed by atoms with Crippen LogP contribution < -0.4 is 14.4 Å². The summed E-state index contributed by atoms with van der Waals surface area (Å²) in [6.45, 7) is 2.38. The van der Waals surface area contributed by atoms with Gasteiger partial charge in [-0.3, -0.25) is 4.79 Å². The maximum Gasteiger partial charge on any atom is 0.306 e. The lowest BCUT2D eigenvalue weighted by Crippen LogP contribution is -2.41. The van der Waals surface area contributed by atoms with Gasteiger partial charge >= 0.3 is 5.97 Å². The van der Waals surface area contributed by atoms with Gasteiger partial charge in [0.05, 0.1) is 19.1 Å². The van der Waals surface area contributed by atoms with Crippen molar-refractivity contribution in [3.8, 4) is 11.5 Å². The summed E-state index contributed by atoms with van der Waals surface area (Å²) in [4.78, 5) is 13.2. The molecule has 1 heterocycles. The minimum Gasteiger partial charge on any atom is -0.493 e. The minimum absolute atomic E-state index is 0.153. The van der Waals surface area contributed by atoms with Crippen molar-refractivity contribution in [2.24, 2.45) is 11.8 Å². The van der Waals surface area contributed by atoms with E-state index in [1.165, 1.54) is 5.69 Å². The molecular formula is C22H25NO4. The Kier molecular flexibility index (Phi) is 5.19. The number of hydrogen-bond acceptors (Lipinski definition) is 4. The molecule has 1 saturated carbocycles. The molecule has 3 atom stereocenters. The van der Waals surface area contributed by atoms with E-state index >= 15 is 0 Å². The molecule has 1 N–H and O–H groups in total. The van der Waals surface area contributed by atoms with Crippen molar-refractivity contribution in [1.82, 2.24) is 0 Å². The molecule has 2 aromatic rings. The van der Waals surface area contributed by atoms with Crippen LogP contribution in [0.1, 0.15) is 19.3 Å². The third kappa shape index (κ3) is 4.54. The standard InChI is InChI=1S/C22H25NO4/c24-22(25)21-13-16(21)15-26-18-10-8-17(9-11-18)23-12-4-7-20(14-23)27-19-5-2-1-3-6-19/h1-3,5-6,8-11,16,20-21H,4,7,12-15H2,(H,24,25). The Hall–Kier alpha value is -2.69. The highest BCUT2D eigenvalue weighted by Crippen LogP contribution is 2.39. The van der Waals surface area contributed by atoms with Gasteiger partial charge in [0.15, 0.2) is 0 Å². The molecule has 3 unspecified atom stereocenters. The molecule has 0 bridgehead atoms. The molecule has 0 amide bonds. The quantitative estimate of drug-likeness (QED) is 0.806. The summed E-state index contributed by atoms with van der Waals surface area (Å²) >= 11 is 0. The van der Waals surface area contributed by atoms with Gasteiger partial charge < -0.3 is 19.5 Å². The summed E-state index contributed by atoms with van der Waals surface area (Å²) in [5, 5.41) is 8.94. The van der Waals surface area contributed by atoms with Gasteiger partial charge in [-0.15, -0.1) is 0 Å². The van der Waals surface area contributed by atoms with Crippen LogP contribution in [0.4, 0.5) is 5.69 Å². The molecule has 4 rings (SSSR count). The Bertz CT molecular complexity index is 762. The van der Waals surface area contributed by atoms with Gasteiger partial charge in [-0.2, -0.15) is 0 Å². The van der Waals surface area contributed by atoms with Crippen LogP contribution in [0.25, 0.3) is 0 Å². The first kappa shape index (κ1) is 17.7. The van der Waals surface area contributed by atoms with Crippen molar-refractivity contribution >= 4 is 11.7 Å². The van der Waals surface area contributed by atoms with Crippen molar-refractivity contribution in [1.29, 1.82) is 0 Å². The van der Waals surface area contributed by atoms with Crippen molar-refractivity contribution in [2.75, 3.05) is 24.6 Å². The van der Waals surface area contributed by atoms with Gasteiger partial charge in [0, 0.05) is 18.2 Å². The van der Waals surface area contributed by atoms with Crippen LogP contribution in [-0.2, 0) is 4.79 Å². The molecule has 0 radical (unpaired) electrons. The summed E-state index contributed by atoms with van der Waals surface area (Å²) in [6.07, 6.45) is 3.09. The SMILES string of the molecule is O=C(O)C1CC1COc1ccc(N2CCCC(Oc3ccccc3)C2)cc1. The van der Waals surface area contributed by atoms with Gasteiger partial charge in [-0.1, -0.05) is 18.2 Å². The average molecular weight is 367 g/mol. The number of piperidine rings is 1. The topological polar surface area (TPSA) is 59.0 Å². The number of benzene rings is 2. The first-order chi connectivity index (χ1) is 13.2. The maximum atomic E-state index is 10.9. The Balaban J connectivity index is 1.29. The molecule has 2 fully saturated rings. The van der Waals surface area contributed by atoms with Crippen molar-refractivity contribution in [3.63, 3.8) is 0 Å². The fraction of sp³-hybridized carbons (Fsp3) is 0.409. The number of carboxylic acids is 1. The van der Waals surface area contributed by atoms with E-state index in [1.807, 2.05) is 42.5 Å². The Morgan fingerprint density at radius 2 is 1.85 bits per heavy atom. The van der Waals surface area contributed by atoms with Gasteiger partial charge in [0.25, 0.3) is 0 Å². The van der Waals surface area contributed by atoms with E-state index in [4.69, 9.17) is 14.6 Å². The van der Waals surface area contributed by atoms with E-state index in [2.05, 4.69) is 17.0 Å². The van der Waals surface area contributed by atoms with E-state index in [9.17, 15) is 4.79 Å². The minimum atomic E-state index is -0.712. The van der Waals surface area contributed by atoms with Gasteiger partial charge in [0.2, 0.25) is 0 Å². The van der Waals surface area contributed by atoms with Crippen LogP contribution in [0.5, 0.6) is 11.5 Å². The third-order valence-corrected chi connectivity index (χ3v) is 5.33. The Labute approximate surface area is 159 Å². The number of hydrogen-bond donors (Lipinski definition) is 1. The Morgan fingerprint density at radius 3 is 2.56 bits per heavy atom. The number of ether oxygens (including phenoxy) is 2. The second-order valence-corrected chi connectivity index (χ2v) is 7.39. The molecule has 27 heavy (non-hydrogen) atoms. The van der Waals surface area contributed by atoms with Crippen LogP contribution in [0, 0.1) is 11.8 Å². The molecule has 142 valence electrons. The summed E-state index contributed by atoms with van der Waals surface area (Å²) in [5.74, 6) is 0.937. The second kappa shape index (κ2) is 7.91. The van der Waals surface area contributed by atoms with Crippen LogP contribution in [0.15, 0.2) is 54.6 Å². The monoisotopic (exact) mass is 367 g/mol. The molecular weight excluding hydrogens is 342 g/mol. The summed E-state index contributed by atoms with van der Waals surface area (Å²) < 4.78 is 11.9. The summed E-state index contributed by atoms with van der Waals surface area (Å²) in [5.41, 5.74) is 1.17. The first-order valence-electron chi connectivity index (χ1n) is 9.61. The predicted molar refractivity (Wildman–Crippen MR) is 103 cm³/mol. The molecule has 0 aromatic heterocycles. The third-order valence-electron chi connectivity index (χ3n) is 5.33. The van der Waals surface area contributed by atoms with E-state index in [1.54, 1.807) is 0 Å². The average Bonchev–Trinajstić information content (AvgIpc) is 3.48. The molecule has 5 nitrogen and oxygen atoms in total. The summed E-state index contributed by atoms with van der Waals surface area (Å²) in [6, 6.07) is 18.1. The highest BCUT2D eigenvalue weighted by molar-refractivity contribution is 5.73. The van der Waals surface area contributed by atoms with Crippen molar-refractivity contribution < 1.29 is 19.4 Å². The zero-order valence-corrected chi connectivity index (χ0v) is 15.3. The molecule has 0 spiro atoms. The first-order valence-corrected chi connectivity index (χ1v) is 9.61. The Morgan fingerprint density at radius 1 is 1.07 bits per heavy atom. The smallest absolute Gasteiger partial charge is 0.306 e. The van der Waals surface area contributed by atoms with Crippen LogP contribution in [0.3, 0.4) is 0 Å². The molecule has 5 heteroatoms. The highest BCUT2D eigenvalue weighted by Gasteiger charge is 2.43. The van der Waals surface area contributed by atoms with Crippen LogP contribution in [0.2, 0.25) is 0 Å². The molecule has 1 aliphatic carbocycles. The van der Waals surface area contributed by atoms with E-state index in [0.29, 0.717) is 6.61 Å². The fourth-order valence-electron chi connectivity index (χ4n) is 3.65. The van der Waals surface area contributed by atoms with Gasteiger partial charge in [-0.25, -0.2) is 0 Å². The number of anilines is 1. The number of nitrogens with zero attached hydrogens (tertiary/aromatic N) is 1. The largest absolute Gasteiger partial charge is 0.493 e. The number of carboxylic acid groups (broad SMARTS) is 1. The number of carbonyl (C=O) groups is 1. The zero-order chi connectivity index (χ0) is 18.6. The van der Waals surface area contributed by atoms with Crippen molar-refractivity contribution in [2.45, 2.75) is 25.4 Å². The van der Waals surface area contributed by atoms with Gasteiger partial charge in [-0.05, 0) is 55.7 Å². The predicted octanol–water partition coefficient (Wildman–Crippen LogP) is 3.83. The second-order valence-electron chi connectivity index (χ2n) is 7.39. The maximum absolute atomic E-state index is 10.9. The molecule has 1 aliphatic heterocycles. The van der Waals surface area contributed by atoms with E-state index in [-0.39, 0.29) is 17.9 Å². The van der Waals surface area contributed by atoms with E-state index in [0.717, 1.165) is 43.9 Å². The van der Waals surface area contributed by atoms with Gasteiger partial charge in [0.1, 0.15) is 17.6 Å². The number of para-hydroxylation sites is 1. The zero-order valence-electron chi connectivity index (χ0n) is 15.3. The summed E-state index contributed by atoms with van der Waals surface area (Å²) in [7, 11) is 0. The number of aliphatic carboxylic acids is 1. The van der Waals surface area contributed by atoms with Crippen LogP contribution >= 0.6 is 0 Å². The molecule has 2 aliphatic rings. The lowest BCUT2D eigenvalue weighted by molar-refractivity contribution is -0.138. The highest BCUT2D eigenvalue weighted by atomic mass is 16.5. The lowest BCUT2D eigenvalue weighted by atomic mass is 10.1. The molecule has 2 aromatic carbocycles. The van der Waals surface area contributed by atoms with E-state index < -0.39 is 5.97 Å². The lowest BCUT2D eigenvalue weighted by Gasteiger charge is -2.34. The van der Waals surface area contributed by atoms with Crippen molar-refractivity contribution in [3.05, 3.63) is 54.6 Å².